The molecule has 1 atom stereocenters. The van der Waals surface area contributed by atoms with Crippen molar-refractivity contribution in [3.63, 3.8) is 0 Å². The second-order valence-electron chi connectivity index (χ2n) is 4.51. The van der Waals surface area contributed by atoms with E-state index >= 15 is 0 Å². The average molecular weight is 277 g/mol. The second-order valence-corrected chi connectivity index (χ2v) is 4.88. The van der Waals surface area contributed by atoms with Gasteiger partial charge in [-0.25, -0.2) is 4.39 Å². The molecule has 0 radical (unpaired) electrons. The number of hydrogen-bond acceptors (Lipinski definition) is 1. The number of carbonyl (C=O) groups excluding carboxylic acids is 1. The Labute approximate surface area is 117 Å². The quantitative estimate of drug-likeness (QED) is 0.764. The first-order valence-electron chi connectivity index (χ1n) is 6.08. The van der Waals surface area contributed by atoms with Gasteiger partial charge in [-0.3, -0.25) is 4.79 Å². The zero-order valence-corrected chi connectivity index (χ0v) is 11.3. The number of aryl methyl sites for hydroxylation is 1. The van der Waals surface area contributed by atoms with Gasteiger partial charge in [0.2, 0.25) is 5.24 Å². The molecule has 0 aromatic heterocycles. The van der Waals surface area contributed by atoms with E-state index in [2.05, 4.69) is 0 Å². The third-order valence-corrected chi connectivity index (χ3v) is 3.48. The monoisotopic (exact) mass is 276 g/mol. The molecular weight excluding hydrogens is 263 g/mol. The van der Waals surface area contributed by atoms with Gasteiger partial charge in [-0.05, 0) is 47.7 Å². The van der Waals surface area contributed by atoms with Gasteiger partial charge in [-0.2, -0.15) is 0 Å². The molecule has 2 aromatic rings. The van der Waals surface area contributed by atoms with Gasteiger partial charge in [0, 0.05) is 0 Å². The summed E-state index contributed by atoms with van der Waals surface area (Å²) >= 11 is 5.69. The highest BCUT2D eigenvalue weighted by atomic mass is 35.5. The SMILES string of the molecule is Cc1ccccc1C(Cc1ccccc1F)C(=O)Cl. The van der Waals surface area contributed by atoms with Gasteiger partial charge in [0.25, 0.3) is 0 Å². The first-order valence-corrected chi connectivity index (χ1v) is 6.45. The Hall–Kier alpha value is -1.67. The van der Waals surface area contributed by atoms with Crippen LogP contribution in [0.1, 0.15) is 22.6 Å². The van der Waals surface area contributed by atoms with Gasteiger partial charge in [-0.15, -0.1) is 0 Å². The third kappa shape index (κ3) is 3.21. The van der Waals surface area contributed by atoms with Crippen molar-refractivity contribution < 1.29 is 9.18 Å². The van der Waals surface area contributed by atoms with Gasteiger partial charge in [0.1, 0.15) is 5.82 Å². The molecule has 3 heteroatoms. The van der Waals surface area contributed by atoms with Crippen molar-refractivity contribution in [3.8, 4) is 0 Å². The van der Waals surface area contributed by atoms with Crippen LogP contribution in [-0.4, -0.2) is 5.24 Å². The van der Waals surface area contributed by atoms with Crippen LogP contribution in [0.2, 0.25) is 0 Å². The van der Waals surface area contributed by atoms with Gasteiger partial charge in [0.05, 0.1) is 5.92 Å². The highest BCUT2D eigenvalue weighted by Gasteiger charge is 2.21. The van der Waals surface area contributed by atoms with Crippen molar-refractivity contribution in [2.24, 2.45) is 0 Å². The molecule has 1 unspecified atom stereocenters. The van der Waals surface area contributed by atoms with Crippen molar-refractivity contribution in [1.29, 1.82) is 0 Å². The van der Waals surface area contributed by atoms with E-state index in [0.29, 0.717) is 5.56 Å². The molecule has 0 spiro atoms. The van der Waals surface area contributed by atoms with Crippen molar-refractivity contribution in [1.82, 2.24) is 0 Å². The maximum atomic E-state index is 13.7. The van der Waals surface area contributed by atoms with Gasteiger partial charge in [0.15, 0.2) is 0 Å². The van der Waals surface area contributed by atoms with E-state index in [1.807, 2.05) is 31.2 Å². The summed E-state index contributed by atoms with van der Waals surface area (Å²) in [5, 5.41) is -0.461. The normalized spacial score (nSPS) is 12.2. The van der Waals surface area contributed by atoms with E-state index in [4.69, 9.17) is 11.6 Å². The minimum Gasteiger partial charge on any atom is -0.281 e. The molecule has 1 nitrogen and oxygen atoms in total. The first-order chi connectivity index (χ1) is 9.09. The van der Waals surface area contributed by atoms with E-state index in [9.17, 15) is 9.18 Å². The summed E-state index contributed by atoms with van der Waals surface area (Å²) in [5.41, 5.74) is 2.34. The lowest BCUT2D eigenvalue weighted by molar-refractivity contribution is -0.113. The van der Waals surface area contributed by atoms with Crippen LogP contribution in [-0.2, 0) is 11.2 Å². The van der Waals surface area contributed by atoms with E-state index in [1.54, 1.807) is 18.2 Å². The summed E-state index contributed by atoms with van der Waals surface area (Å²) in [6.07, 6.45) is 0.278. The van der Waals surface area contributed by atoms with Crippen LogP contribution in [0.3, 0.4) is 0 Å². The lowest BCUT2D eigenvalue weighted by atomic mass is 9.90. The summed E-state index contributed by atoms with van der Waals surface area (Å²) in [6.45, 7) is 1.92. The number of carbonyl (C=O) groups is 1. The largest absolute Gasteiger partial charge is 0.281 e. The lowest BCUT2D eigenvalue weighted by Crippen LogP contribution is -2.12. The van der Waals surface area contributed by atoms with Crippen LogP contribution in [0.5, 0.6) is 0 Å². The molecular formula is C16H14ClFO. The fourth-order valence-electron chi connectivity index (χ4n) is 2.17. The van der Waals surface area contributed by atoms with E-state index in [-0.39, 0.29) is 12.2 Å². The van der Waals surface area contributed by atoms with Crippen LogP contribution in [0.25, 0.3) is 0 Å². The third-order valence-electron chi connectivity index (χ3n) is 3.22. The standard InChI is InChI=1S/C16H14ClFO/c1-11-6-2-4-8-13(11)14(16(17)19)10-12-7-3-5-9-15(12)18/h2-9,14H,10H2,1H3. The molecule has 2 aromatic carbocycles. The summed E-state index contributed by atoms with van der Waals surface area (Å²) in [7, 11) is 0. The fourth-order valence-corrected chi connectivity index (χ4v) is 2.37. The van der Waals surface area contributed by atoms with E-state index in [1.165, 1.54) is 6.07 Å². The molecule has 0 saturated carbocycles. The zero-order valence-electron chi connectivity index (χ0n) is 10.6. The summed E-state index contributed by atoms with van der Waals surface area (Å²) in [4.78, 5) is 11.7. The number of benzene rings is 2. The van der Waals surface area contributed by atoms with E-state index < -0.39 is 11.2 Å². The average Bonchev–Trinajstić information content (AvgIpc) is 2.38. The molecule has 0 aliphatic rings. The summed E-state index contributed by atoms with van der Waals surface area (Å²) in [6, 6.07) is 14.0. The minimum atomic E-state index is -0.514. The predicted molar refractivity (Wildman–Crippen MR) is 74.9 cm³/mol. The summed E-state index contributed by atoms with van der Waals surface area (Å²) < 4.78 is 13.7. The van der Waals surface area contributed by atoms with Crippen LogP contribution in [0.15, 0.2) is 48.5 Å². The molecule has 98 valence electrons. The molecule has 2 rings (SSSR count). The molecule has 0 aliphatic carbocycles. The molecule has 0 bridgehead atoms. The Morgan fingerprint density at radius 1 is 1.16 bits per heavy atom. The van der Waals surface area contributed by atoms with Crippen molar-refractivity contribution in [2.75, 3.05) is 0 Å². The smallest absolute Gasteiger partial charge is 0.229 e. The number of rotatable bonds is 4. The van der Waals surface area contributed by atoms with Gasteiger partial charge < -0.3 is 0 Å². The fraction of sp³-hybridized carbons (Fsp3) is 0.188. The van der Waals surface area contributed by atoms with Crippen molar-refractivity contribution >= 4 is 16.8 Å². The molecule has 0 aliphatic heterocycles. The van der Waals surface area contributed by atoms with Gasteiger partial charge >= 0.3 is 0 Å². The van der Waals surface area contributed by atoms with Crippen molar-refractivity contribution in [3.05, 3.63) is 71.0 Å². The zero-order chi connectivity index (χ0) is 13.8. The lowest BCUT2D eigenvalue weighted by Gasteiger charge is -2.16. The molecule has 0 amide bonds. The first kappa shape index (κ1) is 13.8. The molecule has 0 saturated heterocycles. The Kier molecular flexibility index (Phi) is 4.33. The van der Waals surface area contributed by atoms with Crippen LogP contribution < -0.4 is 0 Å². The number of halogens is 2. The topological polar surface area (TPSA) is 17.1 Å². The number of hydrogen-bond donors (Lipinski definition) is 0. The maximum Gasteiger partial charge on any atom is 0.229 e. The van der Waals surface area contributed by atoms with Crippen LogP contribution in [0.4, 0.5) is 4.39 Å². The molecule has 0 N–H and O–H groups in total. The highest BCUT2D eigenvalue weighted by molar-refractivity contribution is 6.64. The van der Waals surface area contributed by atoms with Crippen LogP contribution >= 0.6 is 11.6 Å². The molecule has 0 fully saturated rings. The minimum absolute atomic E-state index is 0.278. The Morgan fingerprint density at radius 2 is 1.79 bits per heavy atom. The van der Waals surface area contributed by atoms with Crippen molar-refractivity contribution in [2.45, 2.75) is 19.3 Å². The molecule has 19 heavy (non-hydrogen) atoms. The van der Waals surface area contributed by atoms with Gasteiger partial charge in [-0.1, -0.05) is 42.5 Å². The highest BCUT2D eigenvalue weighted by Crippen LogP contribution is 2.27. The Bertz CT molecular complexity index is 595. The van der Waals surface area contributed by atoms with Crippen LogP contribution in [0, 0.1) is 12.7 Å². The second kappa shape index (κ2) is 5.98. The predicted octanol–water partition coefficient (Wildman–Crippen LogP) is 4.23. The summed E-state index contributed by atoms with van der Waals surface area (Å²) in [5.74, 6) is -0.821. The molecule has 0 heterocycles. The Morgan fingerprint density at radius 3 is 2.42 bits per heavy atom. The van der Waals surface area contributed by atoms with E-state index in [0.717, 1.165) is 11.1 Å². The Balaban J connectivity index is 2.35. The maximum absolute atomic E-state index is 13.7.